The summed E-state index contributed by atoms with van der Waals surface area (Å²) < 4.78 is 58.4. The summed E-state index contributed by atoms with van der Waals surface area (Å²) in [5.74, 6) is -1.58. The summed E-state index contributed by atoms with van der Waals surface area (Å²) in [6.45, 7) is 0.193. The monoisotopic (exact) mass is 757 g/mol. The number of aromatic hydroxyl groups is 1. The molecule has 0 bridgehead atoms. The fraction of sp³-hybridized carbons (Fsp3) is 0.382. The maximum absolute atomic E-state index is 16.4. The zero-order valence-electron chi connectivity index (χ0n) is 28.1. The quantitative estimate of drug-likeness (QED) is 0.253. The van der Waals surface area contributed by atoms with E-state index in [0.717, 1.165) is 16.6 Å². The van der Waals surface area contributed by atoms with Gasteiger partial charge in [0, 0.05) is 50.4 Å². The highest BCUT2D eigenvalue weighted by Gasteiger charge is 2.51. The van der Waals surface area contributed by atoms with E-state index in [2.05, 4.69) is 25.7 Å². The number of urea groups is 1. The molecule has 0 saturated carbocycles. The lowest BCUT2D eigenvalue weighted by Gasteiger charge is -2.39. The molecule has 1 saturated heterocycles. The lowest BCUT2D eigenvalue weighted by Crippen LogP contribution is -2.46. The summed E-state index contributed by atoms with van der Waals surface area (Å²) in [6, 6.07) is 5.00. The highest BCUT2D eigenvalue weighted by atomic mass is 35.5. The molecule has 5 heterocycles. The van der Waals surface area contributed by atoms with Gasteiger partial charge in [-0.25, -0.2) is 14.2 Å². The Balaban J connectivity index is 1.26. The Labute approximate surface area is 303 Å². The lowest BCUT2D eigenvalue weighted by molar-refractivity contribution is -0.137. The van der Waals surface area contributed by atoms with Crippen LogP contribution in [-0.2, 0) is 22.9 Å². The number of hydrogen-bond acceptors (Lipinski definition) is 8. The Morgan fingerprint density at radius 3 is 2.51 bits per heavy atom. The van der Waals surface area contributed by atoms with Crippen LogP contribution < -0.4 is 16.2 Å². The molecule has 4 amide bonds. The molecule has 19 heteroatoms. The van der Waals surface area contributed by atoms with Crippen LogP contribution >= 0.6 is 11.6 Å². The fourth-order valence-corrected chi connectivity index (χ4v) is 7.60. The number of carbonyl (C=O) groups excluding carboxylic acids is 3. The van der Waals surface area contributed by atoms with Crippen LogP contribution in [0.3, 0.4) is 0 Å². The van der Waals surface area contributed by atoms with Gasteiger partial charge in [0.15, 0.2) is 11.5 Å². The number of piperidine rings is 1. The van der Waals surface area contributed by atoms with Crippen molar-refractivity contribution >= 4 is 46.5 Å². The van der Waals surface area contributed by atoms with Crippen LogP contribution in [0.5, 0.6) is 5.75 Å². The van der Waals surface area contributed by atoms with Crippen LogP contribution in [0.25, 0.3) is 11.4 Å². The number of rotatable bonds is 5. The minimum atomic E-state index is -4.66. The van der Waals surface area contributed by atoms with E-state index in [0.29, 0.717) is 24.6 Å². The van der Waals surface area contributed by atoms with E-state index in [4.69, 9.17) is 11.6 Å². The zero-order valence-corrected chi connectivity index (χ0v) is 28.8. The van der Waals surface area contributed by atoms with Gasteiger partial charge in [0.25, 0.3) is 11.5 Å². The molecule has 7 rings (SSSR count). The molecule has 1 fully saturated rings. The maximum Gasteiger partial charge on any atom is 0.416 e. The molecule has 4 aromatic rings. The highest BCUT2D eigenvalue weighted by Crippen LogP contribution is 2.51. The molecule has 1 aliphatic carbocycles. The van der Waals surface area contributed by atoms with Crippen molar-refractivity contribution in [3.63, 3.8) is 0 Å². The van der Waals surface area contributed by atoms with Gasteiger partial charge in [0.05, 0.1) is 22.0 Å². The average molecular weight is 758 g/mol. The molecule has 2 aliphatic heterocycles. The number of nitrogens with zero attached hydrogens (tertiary/aromatic N) is 7. The van der Waals surface area contributed by atoms with Gasteiger partial charge in [-0.2, -0.15) is 22.7 Å². The molecule has 53 heavy (non-hydrogen) atoms. The topological polar surface area (TPSA) is 167 Å². The summed E-state index contributed by atoms with van der Waals surface area (Å²) in [4.78, 5) is 64.8. The molecule has 3 aliphatic rings. The third-order valence-corrected chi connectivity index (χ3v) is 10.4. The number of anilines is 1. The summed E-state index contributed by atoms with van der Waals surface area (Å²) in [5.41, 5.74) is -2.32. The molecule has 1 aromatic carbocycles. The van der Waals surface area contributed by atoms with E-state index < -0.39 is 47.2 Å². The number of benzene rings is 1. The van der Waals surface area contributed by atoms with Crippen LogP contribution in [-0.4, -0.2) is 90.1 Å². The second-order valence-corrected chi connectivity index (χ2v) is 13.5. The predicted octanol–water partition coefficient (Wildman–Crippen LogP) is 4.32. The van der Waals surface area contributed by atoms with Gasteiger partial charge in [0.2, 0.25) is 11.7 Å². The number of pyridine rings is 1. The number of fused-ring (bicyclic) bond motifs is 3. The standard InChI is InChI=1S/C34H32ClF4N9O5/c1-40-32(53)46-11-6-18(7-12-46)28-43-31-47(17-24(50)42-22-5-4-19(15-20(22)35)34(37,38)39)27-21(36)16-33(25(27)29(51)48(31)44-28)8-13-45(14-9-33)30(52)26-23(49)3-2-10-41-26/h2-6,10,15,21,49H,7-9,11-14,16-17H2,1H3,(H,40,53)(H,42,50). The zero-order chi connectivity index (χ0) is 37.8. The van der Waals surface area contributed by atoms with Crippen LogP contribution in [0.15, 0.2) is 47.4 Å². The number of likely N-dealkylation sites (tertiary alicyclic amines) is 1. The number of aromatic nitrogens is 5. The second-order valence-electron chi connectivity index (χ2n) is 13.1. The van der Waals surface area contributed by atoms with E-state index in [1.165, 1.54) is 34.8 Å². The van der Waals surface area contributed by atoms with E-state index in [9.17, 15) is 37.5 Å². The first-order valence-electron chi connectivity index (χ1n) is 16.6. The molecule has 1 unspecified atom stereocenters. The smallest absolute Gasteiger partial charge is 0.416 e. The van der Waals surface area contributed by atoms with Crippen molar-refractivity contribution in [1.82, 2.24) is 39.3 Å². The second kappa shape index (κ2) is 13.5. The lowest BCUT2D eigenvalue weighted by atomic mass is 9.74. The van der Waals surface area contributed by atoms with Crippen LogP contribution in [0, 0.1) is 0 Å². The summed E-state index contributed by atoms with van der Waals surface area (Å²) >= 11 is 6.09. The summed E-state index contributed by atoms with van der Waals surface area (Å²) in [6.07, 6.45) is -2.71. The SMILES string of the molecule is CNC(=O)N1CC=C(c2nc3n(CC(=O)Nc4ccc(C(F)(F)F)cc4Cl)c4c(c(=O)n3n2)C2(CCN(C(=O)c3ncccc3O)CC2)CC4F)CC1. The molecule has 1 spiro atoms. The van der Waals surface area contributed by atoms with Crippen LogP contribution in [0.2, 0.25) is 5.02 Å². The van der Waals surface area contributed by atoms with Crippen molar-refractivity contribution < 1.29 is 37.1 Å². The van der Waals surface area contributed by atoms with Gasteiger partial charge in [-0.1, -0.05) is 17.7 Å². The van der Waals surface area contributed by atoms with Gasteiger partial charge in [-0.15, -0.1) is 5.10 Å². The molecule has 3 aromatic heterocycles. The van der Waals surface area contributed by atoms with Crippen molar-refractivity contribution in [2.75, 3.05) is 38.5 Å². The summed E-state index contributed by atoms with van der Waals surface area (Å²) in [5, 5.41) is 19.4. The Morgan fingerprint density at radius 1 is 1.11 bits per heavy atom. The fourth-order valence-electron chi connectivity index (χ4n) is 7.38. The minimum absolute atomic E-state index is 0.0827. The molecule has 0 radical (unpaired) electrons. The largest absolute Gasteiger partial charge is 0.505 e. The van der Waals surface area contributed by atoms with Crippen molar-refractivity contribution in [1.29, 1.82) is 0 Å². The number of amides is 4. The molecule has 14 nitrogen and oxygen atoms in total. The Bertz CT molecular complexity index is 2250. The van der Waals surface area contributed by atoms with Crippen molar-refractivity contribution in [2.24, 2.45) is 0 Å². The van der Waals surface area contributed by atoms with E-state index in [1.807, 2.05) is 0 Å². The Hall–Kier alpha value is -5.52. The summed E-state index contributed by atoms with van der Waals surface area (Å²) in [7, 11) is 1.51. The first kappa shape index (κ1) is 35.9. The molecule has 3 N–H and O–H groups in total. The van der Waals surface area contributed by atoms with Crippen LogP contribution in [0.1, 0.15) is 65.0 Å². The van der Waals surface area contributed by atoms with Crippen molar-refractivity contribution in [2.45, 2.75) is 50.0 Å². The third kappa shape index (κ3) is 6.44. The number of alkyl halides is 4. The van der Waals surface area contributed by atoms with Crippen molar-refractivity contribution in [3.8, 4) is 5.75 Å². The van der Waals surface area contributed by atoms with E-state index >= 15 is 4.39 Å². The first-order valence-corrected chi connectivity index (χ1v) is 17.0. The maximum atomic E-state index is 16.4. The van der Waals surface area contributed by atoms with Gasteiger partial charge in [0.1, 0.15) is 18.5 Å². The molecular weight excluding hydrogens is 726 g/mol. The highest BCUT2D eigenvalue weighted by molar-refractivity contribution is 6.33. The van der Waals surface area contributed by atoms with Gasteiger partial charge >= 0.3 is 12.2 Å². The normalized spacial score (nSPS) is 18.2. The third-order valence-electron chi connectivity index (χ3n) is 10.0. The molecule has 278 valence electrons. The predicted molar refractivity (Wildman–Crippen MR) is 182 cm³/mol. The first-order chi connectivity index (χ1) is 25.2. The van der Waals surface area contributed by atoms with E-state index in [1.54, 1.807) is 11.0 Å². The average Bonchev–Trinajstić information content (AvgIpc) is 3.70. The number of carbonyl (C=O) groups is 3. The number of nitrogens with one attached hydrogen (secondary N) is 2. The van der Waals surface area contributed by atoms with Gasteiger partial charge < -0.3 is 30.1 Å². The van der Waals surface area contributed by atoms with Crippen LogP contribution in [0.4, 0.5) is 28.0 Å². The molecule has 1 atom stereocenters. The van der Waals surface area contributed by atoms with E-state index in [-0.39, 0.29) is 89.9 Å². The van der Waals surface area contributed by atoms with Crippen molar-refractivity contribution in [3.05, 3.63) is 86.3 Å². The number of halogens is 5. The Kier molecular flexibility index (Phi) is 9.12. The molecular formula is C34H32ClF4N9O5. The minimum Gasteiger partial charge on any atom is -0.505 e. The van der Waals surface area contributed by atoms with Gasteiger partial charge in [-0.3, -0.25) is 14.4 Å². The Morgan fingerprint density at radius 2 is 1.87 bits per heavy atom. The van der Waals surface area contributed by atoms with Gasteiger partial charge in [-0.05, 0) is 61.6 Å². The number of hydrogen-bond donors (Lipinski definition) is 3.